The zero-order valence-corrected chi connectivity index (χ0v) is 9.99. The van der Waals surface area contributed by atoms with Gasteiger partial charge in [-0.05, 0) is 25.1 Å². The van der Waals surface area contributed by atoms with Crippen LogP contribution in [-0.4, -0.2) is 17.0 Å². The number of rotatable bonds is 2. The number of ether oxygens (including phenoxy) is 1. The molecule has 1 aromatic carbocycles. The van der Waals surface area contributed by atoms with Crippen LogP contribution in [0.15, 0.2) is 18.2 Å². The molecule has 88 valence electrons. The first-order valence-electron chi connectivity index (χ1n) is 4.83. The summed E-state index contributed by atoms with van der Waals surface area (Å²) in [6.45, 7) is 1.78. The second-order valence-electron chi connectivity index (χ2n) is 3.51. The van der Waals surface area contributed by atoms with Gasteiger partial charge in [0.05, 0.1) is 22.6 Å². The van der Waals surface area contributed by atoms with E-state index >= 15 is 0 Å². The fraction of sp³-hybridized carbons (Fsp3) is 0.182. The maximum Gasteiger partial charge on any atom is 0.321 e. The van der Waals surface area contributed by atoms with E-state index in [4.69, 9.17) is 16.3 Å². The molecule has 0 N–H and O–H groups in total. The zero-order chi connectivity index (χ0) is 12.6. The highest BCUT2D eigenvalue weighted by Gasteiger charge is 2.22. The summed E-state index contributed by atoms with van der Waals surface area (Å²) in [4.78, 5) is 14.8. The van der Waals surface area contributed by atoms with Gasteiger partial charge >= 0.3 is 5.69 Å². The van der Waals surface area contributed by atoms with Gasteiger partial charge in [0, 0.05) is 5.69 Å². The van der Waals surface area contributed by atoms with Crippen LogP contribution < -0.4 is 4.74 Å². The average Bonchev–Trinajstić information content (AvgIpc) is 2.27. The molecule has 0 unspecified atom stereocenters. The molecule has 6 heteroatoms. The molecule has 0 bridgehead atoms. The van der Waals surface area contributed by atoms with Crippen LogP contribution in [0.2, 0.25) is 5.02 Å². The number of hydrogen-bond donors (Lipinski definition) is 0. The third-order valence-corrected chi connectivity index (χ3v) is 2.69. The number of halogens is 1. The molecule has 1 heterocycles. The molecule has 0 atom stereocenters. The Kier molecular flexibility index (Phi) is 2.85. The lowest BCUT2D eigenvalue weighted by atomic mass is 10.1. The fourth-order valence-electron chi connectivity index (χ4n) is 1.71. The lowest BCUT2D eigenvalue weighted by Gasteiger charge is -2.06. The Labute approximate surface area is 102 Å². The highest BCUT2D eigenvalue weighted by molar-refractivity contribution is 6.36. The molecule has 0 spiro atoms. The number of methoxy groups -OCH3 is 1. The normalized spacial score (nSPS) is 10.5. The van der Waals surface area contributed by atoms with E-state index in [9.17, 15) is 10.1 Å². The number of aromatic nitrogens is 1. The van der Waals surface area contributed by atoms with Crippen LogP contribution in [0, 0.1) is 17.0 Å². The van der Waals surface area contributed by atoms with Crippen molar-refractivity contribution in [3.8, 4) is 5.75 Å². The molecule has 0 saturated heterocycles. The van der Waals surface area contributed by atoms with Crippen molar-refractivity contribution in [1.82, 2.24) is 4.98 Å². The standard InChI is InChI=1S/C11H9ClN2O3/c1-6-5-7(12)10-8(13-6)3-4-9(17-2)11(10)14(15)16/h3-5H,1-2H3. The third kappa shape index (κ3) is 1.89. The maximum atomic E-state index is 11.1. The molecule has 0 aliphatic heterocycles. The molecule has 17 heavy (non-hydrogen) atoms. The molecular weight excluding hydrogens is 244 g/mol. The second-order valence-corrected chi connectivity index (χ2v) is 3.92. The van der Waals surface area contributed by atoms with Crippen LogP contribution in [0.25, 0.3) is 10.9 Å². The SMILES string of the molecule is COc1ccc2nc(C)cc(Cl)c2c1[N+](=O)[O-]. The molecule has 0 aliphatic carbocycles. The number of fused-ring (bicyclic) bond motifs is 1. The van der Waals surface area contributed by atoms with E-state index in [1.54, 1.807) is 19.1 Å². The third-order valence-electron chi connectivity index (χ3n) is 2.39. The lowest BCUT2D eigenvalue weighted by Crippen LogP contribution is -1.97. The van der Waals surface area contributed by atoms with E-state index in [-0.39, 0.29) is 11.4 Å². The Balaban J connectivity index is 2.94. The first-order valence-corrected chi connectivity index (χ1v) is 5.20. The molecular formula is C11H9ClN2O3. The summed E-state index contributed by atoms with van der Waals surface area (Å²) in [6, 6.07) is 4.76. The number of nitro groups is 1. The Morgan fingerprint density at radius 3 is 2.76 bits per heavy atom. The van der Waals surface area contributed by atoms with E-state index in [1.807, 2.05) is 0 Å². The molecule has 2 rings (SSSR count). The second kappa shape index (κ2) is 4.18. The van der Waals surface area contributed by atoms with Crippen molar-refractivity contribution in [3.05, 3.63) is 39.0 Å². The Hall–Kier alpha value is -1.88. The number of nitro benzene ring substituents is 1. The van der Waals surface area contributed by atoms with Gasteiger partial charge in [-0.25, -0.2) is 0 Å². The molecule has 0 saturated carbocycles. The molecule has 2 aromatic rings. The topological polar surface area (TPSA) is 65.3 Å². The van der Waals surface area contributed by atoms with Gasteiger partial charge in [0.2, 0.25) is 0 Å². The van der Waals surface area contributed by atoms with Crippen molar-refractivity contribution in [3.63, 3.8) is 0 Å². The van der Waals surface area contributed by atoms with Crippen molar-refractivity contribution >= 4 is 28.2 Å². The van der Waals surface area contributed by atoms with Crippen LogP contribution in [0.5, 0.6) is 5.75 Å². The summed E-state index contributed by atoms with van der Waals surface area (Å²) in [7, 11) is 1.38. The summed E-state index contributed by atoms with van der Waals surface area (Å²) >= 11 is 6.04. The van der Waals surface area contributed by atoms with E-state index in [0.717, 1.165) is 0 Å². The Morgan fingerprint density at radius 2 is 2.18 bits per heavy atom. The smallest absolute Gasteiger partial charge is 0.321 e. The van der Waals surface area contributed by atoms with E-state index in [1.165, 1.54) is 13.2 Å². The predicted octanol–water partition coefficient (Wildman–Crippen LogP) is 3.11. The highest BCUT2D eigenvalue weighted by Crippen LogP contribution is 2.38. The quantitative estimate of drug-likeness (QED) is 0.608. The highest BCUT2D eigenvalue weighted by atomic mass is 35.5. The lowest BCUT2D eigenvalue weighted by molar-refractivity contribution is -0.383. The molecule has 0 radical (unpaired) electrons. The zero-order valence-electron chi connectivity index (χ0n) is 9.23. The van der Waals surface area contributed by atoms with Gasteiger partial charge in [0.15, 0.2) is 5.75 Å². The van der Waals surface area contributed by atoms with Crippen molar-refractivity contribution in [2.75, 3.05) is 7.11 Å². The number of pyridine rings is 1. The van der Waals surface area contributed by atoms with Crippen molar-refractivity contribution in [1.29, 1.82) is 0 Å². The number of benzene rings is 1. The van der Waals surface area contributed by atoms with Gasteiger partial charge in [0.1, 0.15) is 5.39 Å². The summed E-state index contributed by atoms with van der Waals surface area (Å²) in [5.74, 6) is 0.176. The molecule has 5 nitrogen and oxygen atoms in total. The largest absolute Gasteiger partial charge is 0.490 e. The van der Waals surface area contributed by atoms with Gasteiger partial charge < -0.3 is 4.74 Å². The van der Waals surface area contributed by atoms with Crippen molar-refractivity contribution in [2.45, 2.75) is 6.92 Å². The molecule has 0 fully saturated rings. The van der Waals surface area contributed by atoms with Gasteiger partial charge in [-0.3, -0.25) is 15.1 Å². The predicted molar refractivity (Wildman–Crippen MR) is 64.7 cm³/mol. The monoisotopic (exact) mass is 252 g/mol. The average molecular weight is 253 g/mol. The first-order chi connectivity index (χ1) is 8.04. The van der Waals surface area contributed by atoms with E-state index < -0.39 is 4.92 Å². The van der Waals surface area contributed by atoms with Gasteiger partial charge in [-0.15, -0.1) is 0 Å². The summed E-state index contributed by atoms with van der Waals surface area (Å²) < 4.78 is 4.97. The molecule has 0 amide bonds. The summed E-state index contributed by atoms with van der Waals surface area (Å²) in [5, 5.41) is 11.7. The van der Waals surface area contributed by atoms with Crippen molar-refractivity contribution < 1.29 is 9.66 Å². The van der Waals surface area contributed by atoms with E-state index in [2.05, 4.69) is 4.98 Å². The van der Waals surface area contributed by atoms with Crippen LogP contribution in [0.4, 0.5) is 5.69 Å². The minimum atomic E-state index is -0.510. The minimum absolute atomic E-state index is 0.150. The van der Waals surface area contributed by atoms with Crippen LogP contribution >= 0.6 is 11.6 Å². The summed E-state index contributed by atoms with van der Waals surface area (Å²) in [6.07, 6.45) is 0. The van der Waals surface area contributed by atoms with Crippen LogP contribution in [0.3, 0.4) is 0 Å². The van der Waals surface area contributed by atoms with Gasteiger partial charge in [-0.2, -0.15) is 0 Å². The van der Waals surface area contributed by atoms with Crippen molar-refractivity contribution in [2.24, 2.45) is 0 Å². The summed E-state index contributed by atoms with van der Waals surface area (Å²) in [5.41, 5.74) is 1.05. The Bertz CT molecular complexity index is 613. The fourth-order valence-corrected chi connectivity index (χ4v) is 2.06. The van der Waals surface area contributed by atoms with Gasteiger partial charge in [-0.1, -0.05) is 11.6 Å². The maximum absolute atomic E-state index is 11.1. The molecule has 1 aromatic heterocycles. The Morgan fingerprint density at radius 1 is 1.47 bits per heavy atom. The number of aryl methyl sites for hydroxylation is 1. The van der Waals surface area contributed by atoms with E-state index in [0.29, 0.717) is 21.6 Å². The molecule has 0 aliphatic rings. The first kappa shape index (κ1) is 11.6. The van der Waals surface area contributed by atoms with Gasteiger partial charge in [0.25, 0.3) is 0 Å². The minimum Gasteiger partial charge on any atom is -0.490 e. The van der Waals surface area contributed by atoms with Crippen LogP contribution in [0.1, 0.15) is 5.69 Å². The van der Waals surface area contributed by atoms with Crippen LogP contribution in [-0.2, 0) is 0 Å². The number of hydrogen-bond acceptors (Lipinski definition) is 4. The number of nitrogens with zero attached hydrogens (tertiary/aromatic N) is 2.